The second-order valence-electron chi connectivity index (χ2n) is 3.58. The minimum Gasteiger partial charge on any atom is -0.561 e. The molecule has 0 radical (unpaired) electrons. The monoisotopic (exact) mass is 202 g/mol. The Hall–Kier alpha value is -1.18. The van der Waals surface area contributed by atoms with Gasteiger partial charge in [0.2, 0.25) is 0 Å². The summed E-state index contributed by atoms with van der Waals surface area (Å²) in [4.78, 5) is 0. The van der Waals surface area contributed by atoms with Gasteiger partial charge in [0.25, 0.3) is 0 Å². The molecule has 1 rings (SSSR count). The van der Waals surface area contributed by atoms with Crippen molar-refractivity contribution in [3.05, 3.63) is 42.0 Å². The summed E-state index contributed by atoms with van der Waals surface area (Å²) in [5, 5.41) is 0. The maximum Gasteiger partial charge on any atom is 0.357 e. The van der Waals surface area contributed by atoms with E-state index in [0.29, 0.717) is 6.92 Å². The molecule has 1 aromatic carbocycles. The molecule has 80 valence electrons. The van der Waals surface area contributed by atoms with Gasteiger partial charge in [-0.05, 0) is 25.6 Å². The zero-order valence-corrected chi connectivity index (χ0v) is 9.86. The fourth-order valence-corrected chi connectivity index (χ4v) is 1.54. The first kappa shape index (κ1) is 11.9. The summed E-state index contributed by atoms with van der Waals surface area (Å²) in [6.07, 6.45) is 4.15. The van der Waals surface area contributed by atoms with E-state index in [2.05, 4.69) is 26.0 Å². The molecular formula is C13H19BO. The number of allylic oxidation sites excluding steroid dienone is 1. The van der Waals surface area contributed by atoms with E-state index in [0.717, 1.165) is 24.0 Å². The summed E-state index contributed by atoms with van der Waals surface area (Å²) in [6, 6.07) is 10.3. The van der Waals surface area contributed by atoms with Gasteiger partial charge in [0.15, 0.2) is 0 Å². The van der Waals surface area contributed by atoms with Gasteiger partial charge >= 0.3 is 6.92 Å². The summed E-state index contributed by atoms with van der Waals surface area (Å²) >= 11 is 0. The van der Waals surface area contributed by atoms with E-state index < -0.39 is 0 Å². The van der Waals surface area contributed by atoms with Crippen LogP contribution in [0.1, 0.15) is 26.3 Å². The molecule has 0 atom stereocenters. The lowest BCUT2D eigenvalue weighted by Crippen LogP contribution is -2.14. The van der Waals surface area contributed by atoms with Crippen molar-refractivity contribution >= 4 is 12.7 Å². The van der Waals surface area contributed by atoms with Crippen LogP contribution >= 0.6 is 0 Å². The van der Waals surface area contributed by atoms with Crippen molar-refractivity contribution in [2.45, 2.75) is 33.4 Å². The Bertz CT molecular complexity index is 302. The molecule has 0 aliphatic carbocycles. The van der Waals surface area contributed by atoms with Crippen molar-refractivity contribution < 1.29 is 4.65 Å². The highest BCUT2D eigenvalue weighted by atomic mass is 16.4. The molecule has 1 aromatic rings. The van der Waals surface area contributed by atoms with Crippen LogP contribution in [0.25, 0.3) is 5.76 Å². The summed E-state index contributed by atoms with van der Waals surface area (Å²) in [5.74, 6) is 0.990. The van der Waals surface area contributed by atoms with Crippen LogP contribution in [0.5, 0.6) is 0 Å². The second-order valence-corrected chi connectivity index (χ2v) is 3.58. The Balaban J connectivity index is 2.74. The predicted molar refractivity (Wildman–Crippen MR) is 67.9 cm³/mol. The third-order valence-corrected chi connectivity index (χ3v) is 2.52. The molecule has 2 heteroatoms. The molecule has 0 heterocycles. The number of rotatable bonds is 5. The van der Waals surface area contributed by atoms with Crippen LogP contribution in [0.15, 0.2) is 36.4 Å². The Kier molecular flexibility index (Phi) is 5.02. The topological polar surface area (TPSA) is 9.23 Å². The Morgan fingerprint density at radius 2 is 1.80 bits per heavy atom. The molecule has 0 fully saturated rings. The molecule has 0 unspecified atom stereocenters. The molecule has 0 aromatic heterocycles. The molecule has 0 N–H and O–H groups in total. The van der Waals surface area contributed by atoms with E-state index in [1.807, 2.05) is 31.2 Å². The molecule has 0 saturated heterocycles. The van der Waals surface area contributed by atoms with Crippen molar-refractivity contribution in [1.29, 1.82) is 0 Å². The number of hydrogen-bond donors (Lipinski definition) is 0. The first-order valence-electron chi connectivity index (χ1n) is 5.70. The van der Waals surface area contributed by atoms with Gasteiger partial charge in [0.1, 0.15) is 5.76 Å². The smallest absolute Gasteiger partial charge is 0.357 e. The summed E-state index contributed by atoms with van der Waals surface area (Å²) in [7, 11) is 0. The molecular weight excluding hydrogens is 183 g/mol. The van der Waals surface area contributed by atoms with Crippen LogP contribution < -0.4 is 0 Å². The second kappa shape index (κ2) is 6.33. The minimum absolute atomic E-state index is 0.330. The minimum atomic E-state index is 0.330. The molecule has 0 spiro atoms. The van der Waals surface area contributed by atoms with Crippen LogP contribution in [-0.4, -0.2) is 6.92 Å². The van der Waals surface area contributed by atoms with Crippen molar-refractivity contribution in [2.24, 2.45) is 0 Å². The van der Waals surface area contributed by atoms with Crippen LogP contribution in [0.4, 0.5) is 0 Å². The SMILES string of the molecule is CC=C(OB(CC)CC)c1ccccc1. The molecule has 0 saturated carbocycles. The quantitative estimate of drug-likeness (QED) is 0.516. The molecule has 0 aliphatic heterocycles. The van der Waals surface area contributed by atoms with E-state index in [1.54, 1.807) is 0 Å². The van der Waals surface area contributed by atoms with Gasteiger partial charge in [0.05, 0.1) is 0 Å². The van der Waals surface area contributed by atoms with Gasteiger partial charge in [-0.25, -0.2) is 0 Å². The highest BCUT2D eigenvalue weighted by Crippen LogP contribution is 2.18. The molecule has 1 nitrogen and oxygen atoms in total. The highest BCUT2D eigenvalue weighted by molar-refractivity contribution is 6.52. The van der Waals surface area contributed by atoms with Crippen LogP contribution in [0, 0.1) is 0 Å². The van der Waals surface area contributed by atoms with Crippen molar-refractivity contribution in [3.8, 4) is 0 Å². The van der Waals surface area contributed by atoms with Crippen LogP contribution in [0.3, 0.4) is 0 Å². The Morgan fingerprint density at radius 1 is 1.20 bits per heavy atom. The maximum atomic E-state index is 5.95. The molecule has 0 bridgehead atoms. The number of hydrogen-bond acceptors (Lipinski definition) is 1. The Labute approximate surface area is 93.3 Å². The predicted octanol–water partition coefficient (Wildman–Crippen LogP) is 4.10. The first-order chi connectivity index (χ1) is 7.31. The van der Waals surface area contributed by atoms with Crippen LogP contribution in [-0.2, 0) is 4.65 Å². The standard InChI is InChI=1S/C13H19BO/c1-4-13(15-14(5-2)6-3)12-10-8-7-9-11-12/h4,7-11H,5-6H2,1-3H3. The fourth-order valence-electron chi connectivity index (χ4n) is 1.54. The van der Waals surface area contributed by atoms with E-state index in [-0.39, 0.29) is 0 Å². The van der Waals surface area contributed by atoms with Crippen molar-refractivity contribution in [3.63, 3.8) is 0 Å². The zero-order chi connectivity index (χ0) is 11.1. The summed E-state index contributed by atoms with van der Waals surface area (Å²) in [6.45, 7) is 6.67. The van der Waals surface area contributed by atoms with Gasteiger partial charge in [-0.15, -0.1) is 0 Å². The van der Waals surface area contributed by atoms with Gasteiger partial charge in [-0.2, -0.15) is 0 Å². The van der Waals surface area contributed by atoms with Gasteiger partial charge < -0.3 is 4.65 Å². The first-order valence-corrected chi connectivity index (χ1v) is 5.70. The fraction of sp³-hybridized carbons (Fsp3) is 0.385. The number of benzene rings is 1. The summed E-state index contributed by atoms with van der Waals surface area (Å²) in [5.41, 5.74) is 1.16. The molecule has 0 aliphatic rings. The highest BCUT2D eigenvalue weighted by Gasteiger charge is 2.13. The van der Waals surface area contributed by atoms with Crippen molar-refractivity contribution in [2.75, 3.05) is 0 Å². The Morgan fingerprint density at radius 3 is 2.27 bits per heavy atom. The largest absolute Gasteiger partial charge is 0.561 e. The molecule has 15 heavy (non-hydrogen) atoms. The maximum absolute atomic E-state index is 5.95. The van der Waals surface area contributed by atoms with Gasteiger partial charge in [-0.1, -0.05) is 44.2 Å². The van der Waals surface area contributed by atoms with Gasteiger partial charge in [-0.3, -0.25) is 0 Å². The average molecular weight is 202 g/mol. The van der Waals surface area contributed by atoms with Crippen molar-refractivity contribution in [1.82, 2.24) is 0 Å². The van der Waals surface area contributed by atoms with E-state index in [4.69, 9.17) is 4.65 Å². The zero-order valence-electron chi connectivity index (χ0n) is 9.86. The van der Waals surface area contributed by atoms with Crippen LogP contribution in [0.2, 0.25) is 12.6 Å². The molecule has 0 amide bonds. The lowest BCUT2D eigenvalue weighted by Gasteiger charge is -2.15. The van der Waals surface area contributed by atoms with E-state index >= 15 is 0 Å². The lowest BCUT2D eigenvalue weighted by atomic mass is 9.62. The normalized spacial score (nSPS) is 11.3. The van der Waals surface area contributed by atoms with Gasteiger partial charge in [0, 0.05) is 5.56 Å². The van der Waals surface area contributed by atoms with E-state index in [1.165, 1.54) is 0 Å². The lowest BCUT2D eigenvalue weighted by molar-refractivity contribution is 0.523. The van der Waals surface area contributed by atoms with E-state index in [9.17, 15) is 0 Å². The average Bonchev–Trinajstić information content (AvgIpc) is 2.32. The summed E-state index contributed by atoms with van der Waals surface area (Å²) < 4.78 is 5.95. The third-order valence-electron chi connectivity index (χ3n) is 2.52. The third kappa shape index (κ3) is 3.47.